The van der Waals surface area contributed by atoms with Crippen LogP contribution in [0.1, 0.15) is 5.56 Å². The number of allylic oxidation sites excluding steroid dienone is 3. The van der Waals surface area contributed by atoms with E-state index in [1.807, 2.05) is 52.1 Å². The van der Waals surface area contributed by atoms with Gasteiger partial charge in [-0.2, -0.15) is 0 Å². The Morgan fingerprint density at radius 1 is 1.14 bits per heavy atom. The minimum absolute atomic E-state index is 0.0358. The average Bonchev–Trinajstić information content (AvgIpc) is 3.09. The van der Waals surface area contributed by atoms with Crippen molar-refractivity contribution in [2.75, 3.05) is 23.4 Å². The van der Waals surface area contributed by atoms with Gasteiger partial charge in [0.2, 0.25) is 0 Å². The first kappa shape index (κ1) is 23.6. The summed E-state index contributed by atoms with van der Waals surface area (Å²) >= 11 is -1.45. The second-order valence-corrected chi connectivity index (χ2v) is 10.3. The van der Waals surface area contributed by atoms with E-state index in [-0.39, 0.29) is 17.9 Å². The summed E-state index contributed by atoms with van der Waals surface area (Å²) in [6.07, 6.45) is 0.146. The molecule has 3 heterocycles. The number of halogens is 6. The van der Waals surface area contributed by atoms with Crippen molar-refractivity contribution in [1.29, 1.82) is 0 Å². The van der Waals surface area contributed by atoms with Crippen LogP contribution < -0.4 is 36.6 Å². The van der Waals surface area contributed by atoms with Crippen LogP contribution in [0.5, 0.6) is 0 Å². The molecule has 0 aromatic heterocycles. The van der Waals surface area contributed by atoms with Gasteiger partial charge in [-0.1, -0.05) is 0 Å². The van der Waals surface area contributed by atoms with Gasteiger partial charge in [0.25, 0.3) is 0 Å². The molecule has 0 bridgehead atoms. The molecule has 11 heteroatoms. The Morgan fingerprint density at radius 3 is 2.63 bits per heavy atom. The summed E-state index contributed by atoms with van der Waals surface area (Å²) in [6, 6.07) is 9.66. The topological polar surface area (TPSA) is 34.1 Å². The zero-order chi connectivity index (χ0) is 24.9. The summed E-state index contributed by atoms with van der Waals surface area (Å²) < 4.78 is 74.3. The van der Waals surface area contributed by atoms with E-state index in [9.17, 15) is 17.6 Å². The van der Waals surface area contributed by atoms with Crippen molar-refractivity contribution >= 4 is 17.2 Å². The number of amidine groups is 1. The van der Waals surface area contributed by atoms with E-state index < -0.39 is 51.3 Å². The molecule has 3 aliphatic rings. The molecule has 35 heavy (non-hydrogen) atoms. The number of alkyl halides is 3. The third-order valence-electron chi connectivity index (χ3n) is 5.98. The molecule has 1 N–H and O–H groups in total. The van der Waals surface area contributed by atoms with Crippen molar-refractivity contribution < 1.29 is 43.4 Å². The van der Waals surface area contributed by atoms with Gasteiger partial charge in [-0.15, -0.1) is 0 Å². The van der Waals surface area contributed by atoms with Crippen molar-refractivity contribution in [2.45, 2.75) is 19.0 Å². The normalized spacial score (nSPS) is 19.5. The van der Waals surface area contributed by atoms with Gasteiger partial charge in [0.15, 0.2) is 0 Å². The summed E-state index contributed by atoms with van der Waals surface area (Å²) in [6.45, 7) is 3.67. The Labute approximate surface area is 209 Å². The van der Waals surface area contributed by atoms with Crippen LogP contribution >= 0.6 is 0 Å². The number of para-hydroxylation sites is 2. The van der Waals surface area contributed by atoms with E-state index in [1.165, 1.54) is 6.07 Å². The zero-order valence-corrected chi connectivity index (χ0v) is 20.6. The molecule has 0 fully saturated rings. The molecule has 5 nitrogen and oxygen atoms in total. The SMILES string of the molecule is C=C(NC1=N[I-]c2cc(F)cc(F)c2CN2c3ccccc3N(C)[C@@H]2N2CC=CC=C12)C(F)(F)F. The third kappa shape index (κ3) is 4.26. The Kier molecular flexibility index (Phi) is 5.98. The molecule has 0 aliphatic carbocycles. The van der Waals surface area contributed by atoms with E-state index in [1.54, 1.807) is 12.2 Å². The van der Waals surface area contributed by atoms with Gasteiger partial charge in [0.05, 0.1) is 0 Å². The maximum atomic E-state index is 15.1. The van der Waals surface area contributed by atoms with Crippen molar-refractivity contribution in [3.63, 3.8) is 0 Å². The Balaban J connectivity index is 1.70. The Bertz CT molecular complexity index is 1290. The van der Waals surface area contributed by atoms with Gasteiger partial charge in [-0.05, 0) is 0 Å². The fourth-order valence-corrected chi connectivity index (χ4v) is 6.39. The summed E-state index contributed by atoms with van der Waals surface area (Å²) in [5.74, 6) is -1.49. The summed E-state index contributed by atoms with van der Waals surface area (Å²) in [5, 5.41) is 2.34. The monoisotopic (exact) mass is 600 g/mol. The van der Waals surface area contributed by atoms with Crippen LogP contribution in [0.4, 0.5) is 33.3 Å². The molecule has 184 valence electrons. The molecule has 0 unspecified atom stereocenters. The number of hydrogen-bond donors (Lipinski definition) is 1. The molecule has 0 radical (unpaired) electrons. The van der Waals surface area contributed by atoms with Gasteiger partial charge in [-0.3, -0.25) is 0 Å². The van der Waals surface area contributed by atoms with Crippen LogP contribution in [0, 0.1) is 15.2 Å². The van der Waals surface area contributed by atoms with Gasteiger partial charge in [0.1, 0.15) is 0 Å². The van der Waals surface area contributed by atoms with Crippen molar-refractivity contribution in [2.24, 2.45) is 3.21 Å². The van der Waals surface area contributed by atoms with Crippen LogP contribution in [0.2, 0.25) is 0 Å². The van der Waals surface area contributed by atoms with Crippen LogP contribution in [0.3, 0.4) is 0 Å². The van der Waals surface area contributed by atoms with Crippen LogP contribution in [-0.4, -0.2) is 36.8 Å². The second-order valence-electron chi connectivity index (χ2n) is 8.17. The van der Waals surface area contributed by atoms with Crippen LogP contribution in [0.15, 0.2) is 75.8 Å². The second kappa shape index (κ2) is 8.85. The number of hydrogen-bond acceptors (Lipinski definition) is 5. The number of fused-ring (bicyclic) bond motifs is 6. The molecule has 0 amide bonds. The van der Waals surface area contributed by atoms with Gasteiger partial charge in [0, 0.05) is 0 Å². The Hall–Kier alpha value is -3.09. The van der Waals surface area contributed by atoms with Crippen LogP contribution in [-0.2, 0) is 6.54 Å². The molecule has 3 aliphatic heterocycles. The quantitative estimate of drug-likeness (QED) is 0.400. The van der Waals surface area contributed by atoms with Gasteiger partial charge >= 0.3 is 210 Å². The fraction of sp³-hybridized carbons (Fsp3) is 0.208. The zero-order valence-electron chi connectivity index (χ0n) is 18.5. The maximum absolute atomic E-state index is 15.1. The third-order valence-corrected chi connectivity index (χ3v) is 8.19. The van der Waals surface area contributed by atoms with Gasteiger partial charge in [-0.25, -0.2) is 0 Å². The first-order valence-electron chi connectivity index (χ1n) is 10.6. The number of rotatable bonds is 1. The molecule has 0 saturated heterocycles. The fourth-order valence-electron chi connectivity index (χ4n) is 4.37. The Morgan fingerprint density at radius 2 is 1.89 bits per heavy atom. The van der Waals surface area contributed by atoms with E-state index in [4.69, 9.17) is 0 Å². The standard InChI is InChI=1S/C24H20F5IN5/c1-14(24(27,28)29)31-22-21-9-5-6-10-34(21)23-33(2)19-7-3-4-8-20(19)35(23)13-16-17(26)11-15(25)12-18(16)30-32-22/h3-9,11-12,23H,1,10,13H2,2H3,(H,31,32)/q-1/t23-/m1/s1. The predicted molar refractivity (Wildman–Crippen MR) is 120 cm³/mol. The van der Waals surface area contributed by atoms with Crippen molar-refractivity contribution in [1.82, 2.24) is 10.2 Å². The molecular weight excluding hydrogens is 580 g/mol. The molecule has 1 atom stereocenters. The summed E-state index contributed by atoms with van der Waals surface area (Å²) in [4.78, 5) is 5.87. The molecule has 2 aromatic carbocycles. The number of anilines is 2. The van der Waals surface area contributed by atoms with E-state index in [0.29, 0.717) is 15.8 Å². The first-order chi connectivity index (χ1) is 16.6. The molecule has 0 spiro atoms. The van der Waals surface area contributed by atoms with Crippen molar-refractivity contribution in [3.05, 3.63) is 93.4 Å². The van der Waals surface area contributed by atoms with Gasteiger partial charge < -0.3 is 0 Å². The number of nitrogens with one attached hydrogen (secondary N) is 1. The average molecular weight is 600 g/mol. The van der Waals surface area contributed by atoms with E-state index in [2.05, 4.69) is 15.1 Å². The summed E-state index contributed by atoms with van der Waals surface area (Å²) in [7, 11) is 1.87. The number of nitrogens with zero attached hydrogens (tertiary/aromatic N) is 4. The molecular formula is C24H20F5IN5-. The number of benzene rings is 2. The minimum atomic E-state index is -4.69. The van der Waals surface area contributed by atoms with Crippen molar-refractivity contribution in [3.8, 4) is 0 Å². The van der Waals surface area contributed by atoms with E-state index in [0.717, 1.165) is 17.4 Å². The van der Waals surface area contributed by atoms with Crippen LogP contribution in [0.25, 0.3) is 0 Å². The molecule has 0 saturated carbocycles. The van der Waals surface area contributed by atoms with E-state index >= 15 is 4.39 Å². The molecule has 5 rings (SSSR count). The predicted octanol–water partition coefficient (Wildman–Crippen LogP) is 1.71. The molecule has 2 aromatic rings. The summed E-state index contributed by atoms with van der Waals surface area (Å²) in [5.41, 5.74) is 1.28. The first-order valence-corrected chi connectivity index (χ1v) is 12.6.